The van der Waals surface area contributed by atoms with Crippen LogP contribution in [0.25, 0.3) is 0 Å². The van der Waals surface area contributed by atoms with Crippen LogP contribution in [-0.2, 0) is 44.7 Å². The van der Waals surface area contributed by atoms with Crippen LogP contribution < -0.4 is 10.7 Å². The van der Waals surface area contributed by atoms with Gasteiger partial charge in [-0.05, 0) is 16.7 Å². The first-order valence-corrected chi connectivity index (χ1v) is 25.0. The molecule has 6 aromatic carbocycles. The molecule has 70 heavy (non-hydrogen) atoms. The molecule has 0 bridgehead atoms. The van der Waals surface area contributed by atoms with Gasteiger partial charge in [-0.3, -0.25) is 19.5 Å². The van der Waals surface area contributed by atoms with E-state index in [4.69, 9.17) is 9.99 Å². The maximum Gasteiger partial charge on any atom is 0.534 e. The van der Waals surface area contributed by atoms with Crippen molar-refractivity contribution >= 4 is 57.1 Å². The van der Waals surface area contributed by atoms with Gasteiger partial charge in [0.05, 0.1) is 17.3 Å². The summed E-state index contributed by atoms with van der Waals surface area (Å²) >= 11 is 2.05. The Hall–Kier alpha value is -7.32. The van der Waals surface area contributed by atoms with Crippen LogP contribution in [0.2, 0.25) is 0 Å². The number of hydrogen-bond donors (Lipinski definition) is 3. The van der Waals surface area contributed by atoms with Gasteiger partial charge in [0.25, 0.3) is 11.8 Å². The van der Waals surface area contributed by atoms with Crippen LogP contribution in [0, 0.1) is 0 Å². The van der Waals surface area contributed by atoms with Crippen molar-refractivity contribution in [3.05, 3.63) is 238 Å². The van der Waals surface area contributed by atoms with E-state index < -0.39 is 73.2 Å². The second kappa shape index (κ2) is 19.6. The first-order chi connectivity index (χ1) is 33.8. The van der Waals surface area contributed by atoms with E-state index in [0.717, 1.165) is 16.7 Å². The lowest BCUT2D eigenvalue weighted by Gasteiger charge is -2.48. The molecule has 2 amide bonds. The number of halogens is 3. The number of fused-ring (bicyclic) bond motifs is 1. The average molecular weight is 1000 g/mol. The second-order valence-electron chi connectivity index (χ2n) is 15.9. The number of β-lactam (4-membered cyclic amide) rings is 1. The molecule has 356 valence electrons. The zero-order valence-corrected chi connectivity index (χ0v) is 38.9. The first kappa shape index (κ1) is 47.7. The number of nitrogens with one attached hydrogen (secondary N) is 2. The quantitative estimate of drug-likeness (QED) is 0.0213. The molecule has 13 nitrogen and oxygen atoms in total. The Bertz CT molecular complexity index is 2910. The van der Waals surface area contributed by atoms with E-state index in [1.165, 1.54) is 11.8 Å². The maximum absolute atomic E-state index is 15.2. The van der Waals surface area contributed by atoms with Gasteiger partial charge in [0.2, 0.25) is 5.60 Å². The summed E-state index contributed by atoms with van der Waals surface area (Å²) in [6, 6.07) is 55.6. The van der Waals surface area contributed by atoms with Crippen LogP contribution in [0.1, 0.15) is 33.4 Å². The van der Waals surface area contributed by atoms with Gasteiger partial charge in [-0.25, -0.2) is 10.2 Å². The van der Waals surface area contributed by atoms with Crippen molar-refractivity contribution in [3.63, 3.8) is 0 Å². The third-order valence-corrected chi connectivity index (χ3v) is 14.8. The number of hydrogen-bond acceptors (Lipinski definition) is 12. The summed E-state index contributed by atoms with van der Waals surface area (Å²) in [5.41, 5.74) is -1.38. The molecule has 0 spiro atoms. The third-order valence-electron chi connectivity index (χ3n) is 11.8. The van der Waals surface area contributed by atoms with Crippen molar-refractivity contribution < 1.29 is 50.1 Å². The molecule has 1 saturated heterocycles. The number of rotatable bonds is 16. The molecule has 3 N–H and O–H groups in total. The van der Waals surface area contributed by atoms with Crippen molar-refractivity contribution in [1.82, 2.24) is 20.7 Å². The average Bonchev–Trinajstić information content (AvgIpc) is 3.84. The number of carboxylic acid groups (broad SMARTS) is 1. The summed E-state index contributed by atoms with van der Waals surface area (Å²) in [5.74, 6) is -5.47. The highest BCUT2D eigenvalue weighted by Crippen LogP contribution is 2.44. The van der Waals surface area contributed by atoms with Gasteiger partial charge in [0.15, 0.2) is 17.2 Å². The van der Waals surface area contributed by atoms with Crippen molar-refractivity contribution in [2.24, 2.45) is 5.16 Å². The lowest BCUT2D eigenvalue weighted by Crippen LogP contribution is -2.71. The number of carbonyl (C=O) groups is 3. The van der Waals surface area contributed by atoms with Crippen LogP contribution >= 0.6 is 23.5 Å². The summed E-state index contributed by atoms with van der Waals surface area (Å²) < 4.78 is 68.2. The van der Waals surface area contributed by atoms with Gasteiger partial charge in [-0.2, -0.15) is 21.6 Å². The molecule has 0 saturated carbocycles. The predicted molar refractivity (Wildman–Crippen MR) is 258 cm³/mol. The van der Waals surface area contributed by atoms with Crippen molar-refractivity contribution in [2.45, 2.75) is 28.1 Å². The molecule has 19 heteroatoms. The number of carboxylic acids is 1. The highest BCUT2D eigenvalue weighted by atomic mass is 32.2. The Kier molecular flexibility index (Phi) is 13.4. The standard InChI is InChI=1S/C51H40F3N5O8S3/c52-51(53,54)70(64,65)66-41-32-69-47-43(46(61)59(47)44(41)48(62)63)55-45(60)42(56-67-50(37-25-13-4-14-26-37,38-27-15-5-16-28-38)39-29-17-6-18-30-39)40-31-68-33-58(40)57-49(34-19-7-1-8-20-34,35-21-9-2-10-22-35)36-23-11-3-12-24-36/h1-31,43,47,57H,32-33H2,(H,55,60)(H,62,63)/b56-42-/t43-,47-/m1/s1. The number of carbonyl (C=O) groups excluding carboxylic acids is 2. The Morgan fingerprint density at radius 3 is 1.53 bits per heavy atom. The third kappa shape index (κ3) is 8.80. The van der Waals surface area contributed by atoms with E-state index in [9.17, 15) is 36.3 Å². The Labute approximate surface area is 408 Å². The molecular weight excluding hydrogens is 964 g/mol. The summed E-state index contributed by atoms with van der Waals surface area (Å²) in [4.78, 5) is 49.1. The molecule has 0 unspecified atom stereocenters. The number of thioether (sulfide) groups is 2. The smallest absolute Gasteiger partial charge is 0.476 e. The second-order valence-corrected chi connectivity index (χ2v) is 19.4. The van der Waals surface area contributed by atoms with E-state index in [1.807, 2.05) is 182 Å². The largest absolute Gasteiger partial charge is 0.534 e. The van der Waals surface area contributed by atoms with E-state index in [-0.39, 0.29) is 17.3 Å². The van der Waals surface area contributed by atoms with Gasteiger partial charge in [0.1, 0.15) is 17.0 Å². The zero-order valence-electron chi connectivity index (χ0n) is 36.5. The Morgan fingerprint density at radius 2 is 1.11 bits per heavy atom. The van der Waals surface area contributed by atoms with Gasteiger partial charge in [-0.15, -0.1) is 23.5 Å². The molecule has 0 radical (unpaired) electrons. The zero-order chi connectivity index (χ0) is 49.1. The molecule has 6 aromatic rings. The van der Waals surface area contributed by atoms with Crippen LogP contribution in [0.15, 0.2) is 210 Å². The van der Waals surface area contributed by atoms with Gasteiger partial charge in [-0.1, -0.05) is 187 Å². The number of amides is 2. The number of nitrogens with zero attached hydrogens (tertiary/aromatic N) is 3. The number of alkyl halides is 3. The summed E-state index contributed by atoms with van der Waals surface area (Å²) in [6.45, 7) is 0. The highest BCUT2D eigenvalue weighted by Gasteiger charge is 2.57. The molecular formula is C51H40F3N5O8S3. The van der Waals surface area contributed by atoms with Crippen LogP contribution in [0.3, 0.4) is 0 Å². The van der Waals surface area contributed by atoms with E-state index in [0.29, 0.717) is 33.4 Å². The van der Waals surface area contributed by atoms with E-state index in [1.54, 1.807) is 10.4 Å². The number of oxime groups is 1. The fraction of sp³-hybridized carbons (Fsp3) is 0.137. The van der Waals surface area contributed by atoms with E-state index in [2.05, 4.69) is 14.9 Å². The fourth-order valence-corrected chi connectivity index (χ4v) is 11.2. The molecule has 9 rings (SSSR count). The van der Waals surface area contributed by atoms with Gasteiger partial charge >= 0.3 is 21.6 Å². The molecule has 3 aliphatic heterocycles. The topological polar surface area (TPSA) is 167 Å². The minimum absolute atomic E-state index is 0.219. The summed E-state index contributed by atoms with van der Waals surface area (Å²) in [6.07, 6.45) is 0. The van der Waals surface area contributed by atoms with Crippen molar-refractivity contribution in [1.29, 1.82) is 0 Å². The van der Waals surface area contributed by atoms with Crippen molar-refractivity contribution in [2.75, 3.05) is 11.6 Å². The summed E-state index contributed by atoms with van der Waals surface area (Å²) in [5, 5.41) is 19.8. The Morgan fingerprint density at radius 1 is 0.686 bits per heavy atom. The normalized spacial score (nSPS) is 17.6. The minimum Gasteiger partial charge on any atom is -0.476 e. The number of hydrazine groups is 1. The molecule has 3 aliphatic rings. The molecule has 0 aliphatic carbocycles. The molecule has 1 fully saturated rings. The van der Waals surface area contributed by atoms with Gasteiger partial charge < -0.3 is 19.4 Å². The molecule has 2 atom stereocenters. The van der Waals surface area contributed by atoms with Crippen LogP contribution in [-0.4, -0.2) is 75.5 Å². The highest BCUT2D eigenvalue weighted by molar-refractivity contribution is 8.02. The van der Waals surface area contributed by atoms with Crippen molar-refractivity contribution in [3.8, 4) is 0 Å². The SMILES string of the molecule is O=C(O)C1=C(OS(=O)(=O)C(F)(F)F)CS[C@@H]2[C@H](NC(=O)/C(=N\OC(c3ccccc3)(c3ccccc3)c3ccccc3)C3=CSCN3NC(c3ccccc3)(c3ccccc3)c3ccccc3)C(=O)N12. The monoisotopic (exact) mass is 1000 g/mol. The molecule has 0 aromatic heterocycles. The van der Waals surface area contributed by atoms with E-state index >= 15 is 4.79 Å². The van der Waals surface area contributed by atoms with Crippen LogP contribution in [0.5, 0.6) is 0 Å². The lowest BCUT2D eigenvalue weighted by molar-refractivity contribution is -0.150. The van der Waals surface area contributed by atoms with Crippen LogP contribution in [0.4, 0.5) is 13.2 Å². The maximum atomic E-state index is 15.2. The van der Waals surface area contributed by atoms with Gasteiger partial charge in [0, 0.05) is 22.1 Å². The minimum atomic E-state index is -6.29. The lowest BCUT2D eigenvalue weighted by atomic mass is 9.77. The Balaban J connectivity index is 1.16. The summed E-state index contributed by atoms with van der Waals surface area (Å²) in [7, 11) is -6.29. The predicted octanol–water partition coefficient (Wildman–Crippen LogP) is 8.26. The number of aliphatic carboxylic acids is 1. The first-order valence-electron chi connectivity index (χ1n) is 21.5. The fourth-order valence-electron chi connectivity index (χ4n) is 8.60. The number of benzene rings is 6. The molecule has 3 heterocycles.